The maximum absolute atomic E-state index is 13.3. The maximum atomic E-state index is 13.3. The molecule has 1 aromatic carbocycles. The van der Waals surface area contributed by atoms with Crippen LogP contribution in [0.1, 0.15) is 6.92 Å². The molecule has 0 fully saturated rings. The number of rotatable bonds is 0. The Hall–Kier alpha value is -1.21. The number of para-hydroxylation sites is 1. The topological polar surface area (TPSA) is 35.8 Å². The fourth-order valence-corrected chi connectivity index (χ4v) is 2.45. The lowest BCUT2D eigenvalue weighted by Gasteiger charge is -2.27. The van der Waals surface area contributed by atoms with Crippen molar-refractivity contribution in [2.24, 2.45) is 0 Å². The van der Waals surface area contributed by atoms with Crippen molar-refractivity contribution in [1.82, 2.24) is 0 Å². The quantitative estimate of drug-likeness (QED) is 0.712. The first kappa shape index (κ1) is 9.35. The van der Waals surface area contributed by atoms with Gasteiger partial charge in [0.15, 0.2) is 0 Å². The third-order valence-corrected chi connectivity index (χ3v) is 3.54. The zero-order valence-electron chi connectivity index (χ0n) is 7.62. The fourth-order valence-electron chi connectivity index (χ4n) is 1.42. The van der Waals surface area contributed by atoms with Crippen molar-refractivity contribution in [3.63, 3.8) is 0 Å². The summed E-state index contributed by atoms with van der Waals surface area (Å²) in [6.45, 7) is 1.89. The molecule has 1 N–H and O–H groups in total. The van der Waals surface area contributed by atoms with Gasteiger partial charge in [0.2, 0.25) is 0 Å². The summed E-state index contributed by atoms with van der Waals surface area (Å²) < 4.78 is 13.3. The van der Waals surface area contributed by atoms with Gasteiger partial charge in [-0.05, 0) is 19.1 Å². The van der Waals surface area contributed by atoms with Gasteiger partial charge < -0.3 is 5.32 Å². The number of nitrogens with one attached hydrogen (secondary N) is 1. The number of hydrogen-bond donors (Lipinski definition) is 1. The molecule has 0 saturated heterocycles. The summed E-state index contributed by atoms with van der Waals surface area (Å²) in [5.74, 6) is -0.252. The zero-order chi connectivity index (χ0) is 10.1. The van der Waals surface area contributed by atoms with E-state index < -0.39 is 0 Å². The van der Waals surface area contributed by atoms with Crippen LogP contribution in [-0.2, 0) is 0 Å². The summed E-state index contributed by atoms with van der Waals surface area (Å²) in [5, 5.41) is 11.7. The molecule has 2 nitrogen and oxygen atoms in total. The third kappa shape index (κ3) is 1.44. The minimum atomic E-state index is -0.252. The molecule has 2 atom stereocenters. The van der Waals surface area contributed by atoms with Crippen LogP contribution in [-0.4, -0.2) is 11.3 Å². The number of nitriles is 1. The third-order valence-electron chi connectivity index (χ3n) is 2.18. The molecule has 0 bridgehead atoms. The molecule has 4 heteroatoms. The molecule has 0 spiro atoms. The van der Waals surface area contributed by atoms with Gasteiger partial charge in [0.1, 0.15) is 11.1 Å². The number of halogens is 1. The van der Waals surface area contributed by atoms with Crippen molar-refractivity contribution >= 4 is 17.4 Å². The molecule has 0 amide bonds. The fraction of sp³-hybridized carbons (Fsp3) is 0.300. The Morgan fingerprint density at radius 2 is 2.36 bits per heavy atom. The molecule has 0 aromatic heterocycles. The van der Waals surface area contributed by atoms with Gasteiger partial charge in [-0.25, -0.2) is 4.39 Å². The highest BCUT2D eigenvalue weighted by Gasteiger charge is 2.26. The summed E-state index contributed by atoms with van der Waals surface area (Å²) >= 11 is 1.42. The molecule has 72 valence electrons. The van der Waals surface area contributed by atoms with Crippen LogP contribution in [0.4, 0.5) is 10.1 Å². The first-order chi connectivity index (χ1) is 6.72. The summed E-state index contributed by atoms with van der Waals surface area (Å²) in [6, 6.07) is 7.08. The second-order valence-corrected chi connectivity index (χ2v) is 4.40. The Labute approximate surface area is 86.1 Å². The molecule has 1 aliphatic rings. The van der Waals surface area contributed by atoms with Gasteiger partial charge in [-0.2, -0.15) is 5.26 Å². The van der Waals surface area contributed by atoms with Gasteiger partial charge in [-0.1, -0.05) is 6.07 Å². The normalized spacial score (nSPS) is 24.6. The molecule has 2 unspecified atom stereocenters. The largest absolute Gasteiger partial charge is 0.377 e. The van der Waals surface area contributed by atoms with Gasteiger partial charge in [-0.15, -0.1) is 11.8 Å². The number of nitrogens with zero attached hydrogens (tertiary/aromatic N) is 1. The molecule has 2 rings (SSSR count). The van der Waals surface area contributed by atoms with Crippen molar-refractivity contribution < 1.29 is 4.39 Å². The lowest BCUT2D eigenvalue weighted by molar-refractivity contribution is 0.621. The van der Waals surface area contributed by atoms with Crippen LogP contribution in [0.15, 0.2) is 23.1 Å². The minimum absolute atomic E-state index is 0.0191. The monoisotopic (exact) mass is 208 g/mol. The SMILES string of the molecule is CC1Nc2c(F)cccc2SC1C#N. The highest BCUT2D eigenvalue weighted by Crippen LogP contribution is 2.38. The predicted molar refractivity (Wildman–Crippen MR) is 54.7 cm³/mol. The summed E-state index contributed by atoms with van der Waals surface area (Å²) in [6.07, 6.45) is 0. The molecule has 1 aromatic rings. The summed E-state index contributed by atoms with van der Waals surface area (Å²) in [4.78, 5) is 0.814. The van der Waals surface area contributed by atoms with Crippen LogP contribution in [0.3, 0.4) is 0 Å². The average molecular weight is 208 g/mol. The van der Waals surface area contributed by atoms with Crippen LogP contribution in [0.25, 0.3) is 0 Å². The second-order valence-electron chi connectivity index (χ2n) is 3.21. The van der Waals surface area contributed by atoms with Crippen molar-refractivity contribution in [3.8, 4) is 6.07 Å². The lowest BCUT2D eigenvalue weighted by atomic mass is 10.2. The Balaban J connectivity index is 2.41. The van der Waals surface area contributed by atoms with E-state index in [9.17, 15) is 4.39 Å². The van der Waals surface area contributed by atoms with E-state index in [4.69, 9.17) is 5.26 Å². The molecular formula is C10H9FN2S. The molecule has 0 aliphatic carbocycles. The van der Waals surface area contributed by atoms with Crippen molar-refractivity contribution in [2.75, 3.05) is 5.32 Å². The van der Waals surface area contributed by atoms with Crippen LogP contribution in [0.2, 0.25) is 0 Å². The van der Waals surface area contributed by atoms with Crippen LogP contribution >= 0.6 is 11.8 Å². The van der Waals surface area contributed by atoms with Crippen LogP contribution in [0.5, 0.6) is 0 Å². The first-order valence-corrected chi connectivity index (χ1v) is 5.21. The first-order valence-electron chi connectivity index (χ1n) is 4.33. The van der Waals surface area contributed by atoms with E-state index in [0.717, 1.165) is 4.90 Å². The Bertz CT molecular complexity index is 400. The second kappa shape index (κ2) is 3.50. The molecule has 0 radical (unpaired) electrons. The number of benzene rings is 1. The van der Waals surface area contributed by atoms with Crippen molar-refractivity contribution in [1.29, 1.82) is 5.26 Å². The van der Waals surface area contributed by atoms with E-state index in [2.05, 4.69) is 11.4 Å². The van der Waals surface area contributed by atoms with Crippen molar-refractivity contribution in [2.45, 2.75) is 23.1 Å². The molecule has 1 heterocycles. The molecule has 0 saturated carbocycles. The van der Waals surface area contributed by atoms with Crippen molar-refractivity contribution in [3.05, 3.63) is 24.0 Å². The minimum Gasteiger partial charge on any atom is -0.377 e. The standard InChI is InChI=1S/C10H9FN2S/c1-6-9(5-12)14-8-4-2-3-7(11)10(8)13-6/h2-4,6,9,13H,1H3. The van der Waals surface area contributed by atoms with Gasteiger partial charge in [-0.3, -0.25) is 0 Å². The smallest absolute Gasteiger partial charge is 0.147 e. The van der Waals surface area contributed by atoms with E-state index in [1.165, 1.54) is 17.8 Å². The highest BCUT2D eigenvalue weighted by atomic mass is 32.2. The summed E-state index contributed by atoms with van der Waals surface area (Å²) in [5.41, 5.74) is 0.525. The Morgan fingerprint density at radius 3 is 3.07 bits per heavy atom. The van der Waals surface area contributed by atoms with E-state index in [0.29, 0.717) is 5.69 Å². The van der Waals surface area contributed by atoms with Gasteiger partial charge in [0, 0.05) is 10.9 Å². The van der Waals surface area contributed by atoms with Gasteiger partial charge >= 0.3 is 0 Å². The lowest BCUT2D eigenvalue weighted by Crippen LogP contribution is -2.31. The van der Waals surface area contributed by atoms with E-state index in [1.54, 1.807) is 6.07 Å². The Morgan fingerprint density at radius 1 is 1.57 bits per heavy atom. The van der Waals surface area contributed by atoms with E-state index >= 15 is 0 Å². The number of fused-ring (bicyclic) bond motifs is 1. The average Bonchev–Trinajstić information content (AvgIpc) is 2.19. The number of thioether (sulfide) groups is 1. The number of hydrogen-bond acceptors (Lipinski definition) is 3. The molecule has 14 heavy (non-hydrogen) atoms. The summed E-state index contributed by atoms with van der Waals surface area (Å²) in [7, 11) is 0. The maximum Gasteiger partial charge on any atom is 0.147 e. The number of anilines is 1. The zero-order valence-corrected chi connectivity index (χ0v) is 8.44. The van der Waals surface area contributed by atoms with E-state index in [1.807, 2.05) is 13.0 Å². The van der Waals surface area contributed by atoms with Crippen LogP contribution in [0, 0.1) is 17.1 Å². The van der Waals surface area contributed by atoms with Gasteiger partial charge in [0.25, 0.3) is 0 Å². The predicted octanol–water partition coefficient (Wildman–Crippen LogP) is 2.62. The highest BCUT2D eigenvalue weighted by molar-refractivity contribution is 8.00. The van der Waals surface area contributed by atoms with Crippen LogP contribution < -0.4 is 5.32 Å². The van der Waals surface area contributed by atoms with E-state index in [-0.39, 0.29) is 17.1 Å². The molecular weight excluding hydrogens is 199 g/mol. The molecule has 1 aliphatic heterocycles. The Kier molecular flexibility index (Phi) is 2.34. The van der Waals surface area contributed by atoms with Gasteiger partial charge in [0.05, 0.1) is 11.8 Å².